The molecule has 0 aliphatic heterocycles. The summed E-state index contributed by atoms with van der Waals surface area (Å²) >= 11 is 0.927. The Balaban J connectivity index is 1.70. The molecule has 144 valence electrons. The number of carboxylic acid groups (broad SMARTS) is 1. The standard InChI is InChI=1S/C21H18FNO4S/c1-27-17-10-13(19-16(23-26)11-18(22)28-19)4-7-15(17)12-2-5-14(6-3-12)21(8-9-21)20(24)25/h2-7,10-11,23,26H,8-9H2,1H3,(H,24,25). The maximum absolute atomic E-state index is 13.6. The van der Waals surface area contributed by atoms with Crippen LogP contribution >= 0.6 is 11.3 Å². The third-order valence-corrected chi connectivity index (χ3v) is 6.17. The molecule has 0 spiro atoms. The van der Waals surface area contributed by atoms with E-state index in [0.29, 0.717) is 34.7 Å². The summed E-state index contributed by atoms with van der Waals surface area (Å²) in [7, 11) is 1.56. The van der Waals surface area contributed by atoms with Gasteiger partial charge in [0.05, 0.1) is 23.1 Å². The molecule has 0 unspecified atom stereocenters. The fourth-order valence-electron chi connectivity index (χ4n) is 3.45. The lowest BCUT2D eigenvalue weighted by Gasteiger charge is -2.14. The van der Waals surface area contributed by atoms with Crippen molar-refractivity contribution in [3.8, 4) is 27.3 Å². The van der Waals surface area contributed by atoms with E-state index < -0.39 is 16.5 Å². The Kier molecular flexibility index (Phi) is 4.56. The number of methoxy groups -OCH3 is 1. The molecule has 0 radical (unpaired) electrons. The smallest absolute Gasteiger partial charge is 0.314 e. The highest BCUT2D eigenvalue weighted by Crippen LogP contribution is 2.49. The van der Waals surface area contributed by atoms with Crippen LogP contribution in [0.4, 0.5) is 10.1 Å². The van der Waals surface area contributed by atoms with Crippen LogP contribution in [-0.2, 0) is 10.2 Å². The van der Waals surface area contributed by atoms with Crippen molar-refractivity contribution < 1.29 is 24.2 Å². The first-order chi connectivity index (χ1) is 13.5. The van der Waals surface area contributed by atoms with Crippen LogP contribution in [0.5, 0.6) is 5.75 Å². The van der Waals surface area contributed by atoms with Crippen molar-refractivity contribution in [2.24, 2.45) is 0 Å². The average molecular weight is 399 g/mol. The van der Waals surface area contributed by atoms with Gasteiger partial charge in [0.1, 0.15) is 5.75 Å². The van der Waals surface area contributed by atoms with Gasteiger partial charge in [-0.2, -0.15) is 4.39 Å². The maximum Gasteiger partial charge on any atom is 0.314 e. The molecule has 1 aromatic heterocycles. The highest BCUT2D eigenvalue weighted by Gasteiger charge is 2.51. The molecule has 1 fully saturated rings. The van der Waals surface area contributed by atoms with Gasteiger partial charge in [0.15, 0.2) is 5.13 Å². The van der Waals surface area contributed by atoms with Gasteiger partial charge in [-0.25, -0.2) is 0 Å². The van der Waals surface area contributed by atoms with Gasteiger partial charge in [-0.05, 0) is 35.6 Å². The van der Waals surface area contributed by atoms with E-state index in [4.69, 9.17) is 4.74 Å². The lowest BCUT2D eigenvalue weighted by Crippen LogP contribution is -2.19. The van der Waals surface area contributed by atoms with Crippen LogP contribution in [0, 0.1) is 5.13 Å². The summed E-state index contributed by atoms with van der Waals surface area (Å²) in [4.78, 5) is 12.1. The minimum Gasteiger partial charge on any atom is -0.496 e. The topological polar surface area (TPSA) is 78.8 Å². The quantitative estimate of drug-likeness (QED) is 0.500. The number of carboxylic acids is 1. The number of thiophene rings is 1. The zero-order valence-electron chi connectivity index (χ0n) is 15.0. The molecule has 2 aromatic carbocycles. The number of benzene rings is 2. The second-order valence-corrected chi connectivity index (χ2v) is 7.79. The number of aliphatic carboxylic acids is 1. The Labute approximate surface area is 165 Å². The number of halogens is 1. The van der Waals surface area contributed by atoms with Gasteiger partial charge in [0, 0.05) is 11.6 Å². The van der Waals surface area contributed by atoms with Crippen molar-refractivity contribution in [3.05, 3.63) is 59.2 Å². The van der Waals surface area contributed by atoms with Crippen LogP contribution in [-0.4, -0.2) is 23.4 Å². The average Bonchev–Trinajstić information content (AvgIpc) is 3.44. The molecular weight excluding hydrogens is 381 g/mol. The molecule has 1 aliphatic rings. The highest BCUT2D eigenvalue weighted by atomic mass is 32.1. The molecule has 0 saturated heterocycles. The van der Waals surface area contributed by atoms with E-state index in [1.165, 1.54) is 6.07 Å². The number of hydrogen-bond donors (Lipinski definition) is 3. The van der Waals surface area contributed by atoms with Crippen molar-refractivity contribution >= 4 is 23.0 Å². The number of hydrogen-bond acceptors (Lipinski definition) is 5. The molecule has 4 rings (SSSR count). The number of ether oxygens (including phenoxy) is 1. The molecule has 1 saturated carbocycles. The summed E-state index contributed by atoms with van der Waals surface area (Å²) in [6.07, 6.45) is 1.33. The molecule has 1 heterocycles. The van der Waals surface area contributed by atoms with E-state index in [0.717, 1.165) is 28.0 Å². The summed E-state index contributed by atoms with van der Waals surface area (Å²) < 4.78 is 19.1. The summed E-state index contributed by atoms with van der Waals surface area (Å²) in [6, 6.07) is 14.2. The normalized spacial score (nSPS) is 14.5. The van der Waals surface area contributed by atoms with Crippen LogP contribution in [0.15, 0.2) is 48.5 Å². The van der Waals surface area contributed by atoms with Crippen molar-refractivity contribution in [1.29, 1.82) is 0 Å². The number of carbonyl (C=O) groups is 1. The molecule has 5 nitrogen and oxygen atoms in total. The van der Waals surface area contributed by atoms with Crippen molar-refractivity contribution in [2.45, 2.75) is 18.3 Å². The first-order valence-electron chi connectivity index (χ1n) is 8.70. The summed E-state index contributed by atoms with van der Waals surface area (Å²) in [5.74, 6) is -0.180. The van der Waals surface area contributed by atoms with Crippen LogP contribution in [0.2, 0.25) is 0 Å². The van der Waals surface area contributed by atoms with E-state index in [1.807, 2.05) is 41.9 Å². The zero-order chi connectivity index (χ0) is 19.9. The van der Waals surface area contributed by atoms with E-state index in [2.05, 4.69) is 0 Å². The Hall–Kier alpha value is -2.90. The molecule has 0 amide bonds. The van der Waals surface area contributed by atoms with Gasteiger partial charge in [0.25, 0.3) is 0 Å². The van der Waals surface area contributed by atoms with Crippen molar-refractivity contribution in [1.82, 2.24) is 0 Å². The number of nitrogens with one attached hydrogen (secondary N) is 1. The fourth-order valence-corrected chi connectivity index (χ4v) is 4.28. The zero-order valence-corrected chi connectivity index (χ0v) is 15.8. The van der Waals surface area contributed by atoms with Crippen LogP contribution in [0.1, 0.15) is 18.4 Å². The second kappa shape index (κ2) is 6.92. The molecule has 0 atom stereocenters. The van der Waals surface area contributed by atoms with Crippen molar-refractivity contribution in [2.75, 3.05) is 12.6 Å². The molecular formula is C21H18FNO4S. The summed E-state index contributed by atoms with van der Waals surface area (Å²) in [5.41, 5.74) is 4.84. The Morgan fingerprint density at radius 1 is 1.14 bits per heavy atom. The monoisotopic (exact) mass is 399 g/mol. The lowest BCUT2D eigenvalue weighted by atomic mass is 9.93. The van der Waals surface area contributed by atoms with Gasteiger partial charge in [-0.3, -0.25) is 15.5 Å². The van der Waals surface area contributed by atoms with Gasteiger partial charge >= 0.3 is 5.97 Å². The van der Waals surface area contributed by atoms with Gasteiger partial charge < -0.3 is 9.84 Å². The maximum atomic E-state index is 13.6. The molecule has 3 aromatic rings. The van der Waals surface area contributed by atoms with Crippen LogP contribution < -0.4 is 10.2 Å². The van der Waals surface area contributed by atoms with Crippen LogP contribution in [0.25, 0.3) is 21.6 Å². The first-order valence-corrected chi connectivity index (χ1v) is 9.52. The highest BCUT2D eigenvalue weighted by molar-refractivity contribution is 7.14. The number of anilines is 1. The SMILES string of the molecule is COc1cc(-c2sc(F)cc2NO)ccc1-c1ccc(C2(C(=O)O)CC2)cc1. The van der Waals surface area contributed by atoms with Gasteiger partial charge in [-0.15, -0.1) is 11.3 Å². The third kappa shape index (κ3) is 3.02. The van der Waals surface area contributed by atoms with E-state index >= 15 is 0 Å². The van der Waals surface area contributed by atoms with E-state index in [-0.39, 0.29) is 0 Å². The van der Waals surface area contributed by atoms with Crippen molar-refractivity contribution in [3.63, 3.8) is 0 Å². The van der Waals surface area contributed by atoms with E-state index in [1.54, 1.807) is 13.2 Å². The largest absolute Gasteiger partial charge is 0.496 e. The fraction of sp³-hybridized carbons (Fsp3) is 0.190. The Bertz CT molecular complexity index is 1040. The Morgan fingerprint density at radius 2 is 1.82 bits per heavy atom. The Morgan fingerprint density at radius 3 is 2.39 bits per heavy atom. The molecule has 7 heteroatoms. The third-order valence-electron chi connectivity index (χ3n) is 5.19. The summed E-state index contributed by atoms with van der Waals surface area (Å²) in [6.45, 7) is 0. The van der Waals surface area contributed by atoms with E-state index in [9.17, 15) is 19.5 Å². The number of rotatable bonds is 6. The minimum absolute atomic E-state index is 0.296. The predicted molar refractivity (Wildman–Crippen MR) is 106 cm³/mol. The predicted octanol–water partition coefficient (Wildman–Crippen LogP) is 5.15. The molecule has 0 bridgehead atoms. The van der Waals surface area contributed by atoms with Gasteiger partial charge in [-0.1, -0.05) is 36.4 Å². The summed E-state index contributed by atoms with van der Waals surface area (Å²) in [5, 5.41) is 18.2. The van der Waals surface area contributed by atoms with Gasteiger partial charge in [0.2, 0.25) is 0 Å². The molecule has 1 aliphatic carbocycles. The minimum atomic E-state index is -0.779. The lowest BCUT2D eigenvalue weighted by molar-refractivity contribution is -0.140. The first kappa shape index (κ1) is 18.5. The molecule has 28 heavy (non-hydrogen) atoms. The second-order valence-electron chi connectivity index (χ2n) is 6.78. The van der Waals surface area contributed by atoms with Crippen LogP contribution in [0.3, 0.4) is 0 Å². The molecule has 3 N–H and O–H groups in total.